The van der Waals surface area contributed by atoms with Gasteiger partial charge in [-0.05, 0) is 25.0 Å². The van der Waals surface area contributed by atoms with E-state index in [1.54, 1.807) is 18.2 Å². The molecule has 2 aliphatic carbocycles. The molecule has 0 radical (unpaired) electrons. The fourth-order valence-corrected chi connectivity index (χ4v) is 3.50. The Balaban J connectivity index is 1.74. The third-order valence-corrected chi connectivity index (χ3v) is 4.82. The number of methoxy groups -OCH3 is 2. The number of azo groups is 1. The van der Waals surface area contributed by atoms with Gasteiger partial charge in [0.05, 0.1) is 19.9 Å². The molecule has 8 nitrogen and oxygen atoms in total. The van der Waals surface area contributed by atoms with E-state index in [2.05, 4.69) is 15.5 Å². The van der Waals surface area contributed by atoms with Gasteiger partial charge in [0.15, 0.2) is 11.5 Å². The number of benzene rings is 1. The number of allylic oxidation sites excluding steroid dienone is 2. The van der Waals surface area contributed by atoms with Crippen LogP contribution >= 0.6 is 0 Å². The first-order valence-electron chi connectivity index (χ1n) is 8.47. The number of carbonyl (C=O) groups is 2. The average Bonchev–Trinajstić information content (AvgIpc) is 2.91. The van der Waals surface area contributed by atoms with Crippen LogP contribution in [0, 0.1) is 11.8 Å². The molecule has 26 heavy (non-hydrogen) atoms. The summed E-state index contributed by atoms with van der Waals surface area (Å²) in [4.78, 5) is 24.4. The summed E-state index contributed by atoms with van der Waals surface area (Å²) < 4.78 is 10.3. The van der Waals surface area contributed by atoms with Crippen LogP contribution in [0.4, 0.5) is 10.5 Å². The number of aliphatic hydroxyl groups is 1. The Hall–Kier alpha value is -2.90. The number of urea groups is 1. The Morgan fingerprint density at radius 1 is 1.19 bits per heavy atom. The van der Waals surface area contributed by atoms with Gasteiger partial charge in [0.1, 0.15) is 17.3 Å². The van der Waals surface area contributed by atoms with E-state index in [-0.39, 0.29) is 29.1 Å². The Kier molecular flexibility index (Phi) is 5.20. The summed E-state index contributed by atoms with van der Waals surface area (Å²) >= 11 is 0. The fraction of sp³-hybridized carbons (Fsp3) is 0.444. The smallest absolute Gasteiger partial charge is 0.364 e. The second-order valence-electron chi connectivity index (χ2n) is 6.29. The zero-order valence-corrected chi connectivity index (χ0v) is 14.7. The largest absolute Gasteiger partial charge is 0.510 e. The Labute approximate surface area is 150 Å². The van der Waals surface area contributed by atoms with Gasteiger partial charge in [0.2, 0.25) is 0 Å². The normalized spacial score (nSPS) is 22.5. The van der Waals surface area contributed by atoms with Gasteiger partial charge >= 0.3 is 6.03 Å². The van der Waals surface area contributed by atoms with E-state index in [0.29, 0.717) is 17.2 Å². The topological polar surface area (TPSA) is 110 Å². The van der Waals surface area contributed by atoms with Crippen LogP contribution in [0.25, 0.3) is 0 Å². The van der Waals surface area contributed by atoms with E-state index in [1.165, 1.54) is 14.2 Å². The van der Waals surface area contributed by atoms with Crippen LogP contribution in [0.1, 0.15) is 25.7 Å². The summed E-state index contributed by atoms with van der Waals surface area (Å²) in [5.74, 6) is 0.261. The van der Waals surface area contributed by atoms with E-state index in [4.69, 9.17) is 9.47 Å². The summed E-state index contributed by atoms with van der Waals surface area (Å²) in [5.41, 5.74) is 0.259. The number of anilines is 1. The van der Waals surface area contributed by atoms with Gasteiger partial charge in [-0.25, -0.2) is 4.79 Å². The maximum atomic E-state index is 12.4. The molecular formula is C18H21N3O5. The molecular weight excluding hydrogens is 338 g/mol. The van der Waals surface area contributed by atoms with E-state index in [1.807, 2.05) is 0 Å². The van der Waals surface area contributed by atoms with Crippen molar-refractivity contribution < 1.29 is 24.2 Å². The molecule has 1 aromatic carbocycles. The number of hydrogen-bond acceptors (Lipinski definition) is 6. The molecule has 1 saturated carbocycles. The molecule has 0 saturated heterocycles. The van der Waals surface area contributed by atoms with Crippen LogP contribution in [-0.2, 0) is 4.79 Å². The number of fused-ring (bicyclic) bond motifs is 1. The van der Waals surface area contributed by atoms with Crippen molar-refractivity contribution >= 4 is 17.5 Å². The number of amides is 2. The monoisotopic (exact) mass is 359 g/mol. The molecule has 2 unspecified atom stereocenters. The minimum atomic E-state index is -0.778. The molecule has 0 aliphatic heterocycles. The van der Waals surface area contributed by atoms with Gasteiger partial charge in [-0.15, -0.1) is 5.11 Å². The molecule has 1 aromatic rings. The summed E-state index contributed by atoms with van der Waals surface area (Å²) in [7, 11) is 2.98. The van der Waals surface area contributed by atoms with Crippen LogP contribution < -0.4 is 14.8 Å². The molecule has 138 valence electrons. The predicted molar refractivity (Wildman–Crippen MR) is 93.5 cm³/mol. The van der Waals surface area contributed by atoms with Crippen molar-refractivity contribution in [1.82, 2.24) is 0 Å². The third-order valence-electron chi connectivity index (χ3n) is 4.82. The van der Waals surface area contributed by atoms with Crippen molar-refractivity contribution in [3.8, 4) is 11.5 Å². The zero-order valence-electron chi connectivity index (χ0n) is 14.7. The number of aliphatic hydroxyl groups excluding tert-OH is 1. The minimum absolute atomic E-state index is 0.0461. The molecule has 1 fully saturated rings. The number of nitrogens with zero attached hydrogens (tertiary/aromatic N) is 2. The number of rotatable bonds is 4. The number of hydrogen-bond donors (Lipinski definition) is 2. The lowest BCUT2D eigenvalue weighted by atomic mass is 9.80. The highest BCUT2D eigenvalue weighted by Crippen LogP contribution is 2.43. The lowest BCUT2D eigenvalue weighted by molar-refractivity contribution is -0.120. The summed E-state index contributed by atoms with van der Waals surface area (Å²) in [6, 6.07) is 4.14. The van der Waals surface area contributed by atoms with Gasteiger partial charge in [0.25, 0.3) is 0 Å². The first-order chi connectivity index (χ1) is 12.5. The van der Waals surface area contributed by atoms with Crippen molar-refractivity contribution in [3.63, 3.8) is 0 Å². The van der Waals surface area contributed by atoms with Gasteiger partial charge < -0.3 is 19.9 Å². The lowest BCUT2D eigenvalue weighted by Gasteiger charge is -2.23. The standard InChI is InChI=1S/C18H21N3O5/c1-25-10-7-8-14(26-2)13(9-10)19-18(24)21-20-15-16(22)11-5-3-4-6-12(11)17(15)23/h7-9,11-12,22H,3-6H2,1-2H3,(H,19,24). The van der Waals surface area contributed by atoms with E-state index in [9.17, 15) is 14.7 Å². The summed E-state index contributed by atoms with van der Waals surface area (Å²) in [6.07, 6.45) is 3.42. The Bertz CT molecular complexity index is 787. The molecule has 2 N–H and O–H groups in total. The summed E-state index contributed by atoms with van der Waals surface area (Å²) in [5, 5.41) is 20.0. The molecule has 0 bridgehead atoms. The number of ether oxygens (including phenoxy) is 2. The molecule has 0 heterocycles. The molecule has 0 spiro atoms. The highest BCUT2D eigenvalue weighted by atomic mass is 16.5. The second-order valence-corrected chi connectivity index (χ2v) is 6.29. The molecule has 0 aromatic heterocycles. The fourth-order valence-electron chi connectivity index (χ4n) is 3.50. The van der Waals surface area contributed by atoms with Crippen LogP contribution in [0.15, 0.2) is 39.9 Å². The second kappa shape index (κ2) is 7.55. The predicted octanol–water partition coefficient (Wildman–Crippen LogP) is 3.85. The van der Waals surface area contributed by atoms with Crippen molar-refractivity contribution in [2.24, 2.45) is 22.1 Å². The maximum Gasteiger partial charge on any atom is 0.364 e. The van der Waals surface area contributed by atoms with Crippen molar-refractivity contribution in [2.75, 3.05) is 19.5 Å². The first kappa shape index (κ1) is 17.9. The molecule has 2 amide bonds. The molecule has 2 aliphatic rings. The van der Waals surface area contributed by atoms with E-state index >= 15 is 0 Å². The van der Waals surface area contributed by atoms with E-state index in [0.717, 1.165) is 25.7 Å². The SMILES string of the molecule is COc1ccc(OC)c(NC(=O)N=NC2=C(O)C3CCCCC3C2=O)c1. The third kappa shape index (κ3) is 3.40. The molecule has 2 atom stereocenters. The lowest BCUT2D eigenvalue weighted by Crippen LogP contribution is -2.21. The number of ketones is 1. The minimum Gasteiger partial charge on any atom is -0.510 e. The van der Waals surface area contributed by atoms with Crippen molar-refractivity contribution in [3.05, 3.63) is 29.7 Å². The van der Waals surface area contributed by atoms with Gasteiger partial charge in [-0.3, -0.25) is 4.79 Å². The Morgan fingerprint density at radius 2 is 1.92 bits per heavy atom. The van der Waals surface area contributed by atoms with Crippen molar-refractivity contribution in [2.45, 2.75) is 25.7 Å². The van der Waals surface area contributed by atoms with Crippen molar-refractivity contribution in [1.29, 1.82) is 0 Å². The highest BCUT2D eigenvalue weighted by Gasteiger charge is 2.43. The van der Waals surface area contributed by atoms with Crippen LogP contribution in [0.3, 0.4) is 0 Å². The molecule has 3 rings (SSSR count). The van der Waals surface area contributed by atoms with Gasteiger partial charge in [-0.2, -0.15) is 0 Å². The number of Topliss-reactive ketones (excluding diaryl/α,β-unsaturated/α-hetero) is 1. The quantitative estimate of drug-likeness (QED) is 0.794. The average molecular weight is 359 g/mol. The van der Waals surface area contributed by atoms with E-state index < -0.39 is 6.03 Å². The number of carbonyl (C=O) groups excluding carboxylic acids is 2. The van der Waals surface area contributed by atoms with Crippen LogP contribution in [0.2, 0.25) is 0 Å². The maximum absolute atomic E-state index is 12.4. The van der Waals surface area contributed by atoms with Gasteiger partial charge in [-0.1, -0.05) is 18.0 Å². The molecule has 8 heteroatoms. The summed E-state index contributed by atoms with van der Waals surface area (Å²) in [6.45, 7) is 0. The first-order valence-corrected chi connectivity index (χ1v) is 8.47. The van der Waals surface area contributed by atoms with Gasteiger partial charge in [0, 0.05) is 17.9 Å². The highest BCUT2D eigenvalue weighted by molar-refractivity contribution is 6.00. The Morgan fingerprint density at radius 3 is 2.58 bits per heavy atom. The van der Waals surface area contributed by atoms with Crippen LogP contribution in [0.5, 0.6) is 11.5 Å². The van der Waals surface area contributed by atoms with Crippen LogP contribution in [-0.4, -0.2) is 31.1 Å². The number of nitrogens with one attached hydrogen (secondary N) is 1. The zero-order chi connectivity index (χ0) is 18.7.